The second kappa shape index (κ2) is 10.1. The number of carbonyl (C=O) groups excluding carboxylic acids is 2. The molecule has 0 aliphatic heterocycles. The zero-order valence-electron chi connectivity index (χ0n) is 15.7. The van der Waals surface area contributed by atoms with E-state index < -0.39 is 0 Å². The summed E-state index contributed by atoms with van der Waals surface area (Å²) in [7, 11) is 0. The molecule has 3 aromatic rings. The highest BCUT2D eigenvalue weighted by molar-refractivity contribution is 5.91. The summed E-state index contributed by atoms with van der Waals surface area (Å²) in [6.45, 7) is 0.717. The van der Waals surface area contributed by atoms with Gasteiger partial charge in [0.1, 0.15) is 23.9 Å². The van der Waals surface area contributed by atoms with Gasteiger partial charge < -0.3 is 19.8 Å². The lowest BCUT2D eigenvalue weighted by molar-refractivity contribution is -0.120. The summed E-state index contributed by atoms with van der Waals surface area (Å²) < 4.78 is 23.8. The minimum Gasteiger partial charge on any atom is -0.486 e. The number of furan rings is 1. The van der Waals surface area contributed by atoms with Crippen molar-refractivity contribution in [3.05, 3.63) is 89.6 Å². The third kappa shape index (κ3) is 6.49. The van der Waals surface area contributed by atoms with Gasteiger partial charge in [0.15, 0.2) is 5.76 Å². The average Bonchev–Trinajstić information content (AvgIpc) is 3.21. The van der Waals surface area contributed by atoms with Crippen LogP contribution in [0.4, 0.5) is 4.39 Å². The van der Waals surface area contributed by atoms with Crippen LogP contribution in [0.2, 0.25) is 0 Å². The summed E-state index contributed by atoms with van der Waals surface area (Å²) >= 11 is 0. The predicted octanol–water partition coefficient (Wildman–Crippen LogP) is 3.09. The number of carbonyl (C=O) groups is 2. The highest BCUT2D eigenvalue weighted by Gasteiger charge is 2.11. The molecule has 150 valence electrons. The number of rotatable bonds is 9. The molecule has 0 aliphatic rings. The van der Waals surface area contributed by atoms with Gasteiger partial charge in [-0.1, -0.05) is 30.3 Å². The van der Waals surface area contributed by atoms with E-state index in [9.17, 15) is 14.0 Å². The van der Waals surface area contributed by atoms with Gasteiger partial charge in [0.05, 0.1) is 6.42 Å². The van der Waals surface area contributed by atoms with Crippen LogP contribution in [0.3, 0.4) is 0 Å². The summed E-state index contributed by atoms with van der Waals surface area (Å²) in [5.41, 5.74) is 0.931. The molecule has 0 spiro atoms. The lowest BCUT2D eigenvalue weighted by Crippen LogP contribution is -2.35. The summed E-state index contributed by atoms with van der Waals surface area (Å²) in [5.74, 6) is 0.290. The number of benzene rings is 2. The third-order valence-electron chi connectivity index (χ3n) is 4.02. The first-order valence-corrected chi connectivity index (χ1v) is 9.16. The molecule has 2 amide bonds. The Morgan fingerprint density at radius 2 is 1.62 bits per heavy atom. The Morgan fingerprint density at radius 1 is 0.897 bits per heavy atom. The molecule has 2 N–H and O–H groups in total. The van der Waals surface area contributed by atoms with E-state index >= 15 is 0 Å². The molecule has 0 atom stereocenters. The van der Waals surface area contributed by atoms with E-state index in [0.717, 1.165) is 5.56 Å². The van der Waals surface area contributed by atoms with Gasteiger partial charge in [-0.15, -0.1) is 0 Å². The van der Waals surface area contributed by atoms with E-state index in [1.807, 2.05) is 30.3 Å². The second-order valence-electron chi connectivity index (χ2n) is 6.28. The van der Waals surface area contributed by atoms with Crippen LogP contribution >= 0.6 is 0 Å². The fourth-order valence-electron chi connectivity index (χ4n) is 2.57. The molecule has 0 saturated carbocycles. The van der Waals surface area contributed by atoms with Gasteiger partial charge in [-0.05, 0) is 42.0 Å². The number of ether oxygens (including phenoxy) is 1. The molecule has 6 nitrogen and oxygen atoms in total. The smallest absolute Gasteiger partial charge is 0.287 e. The van der Waals surface area contributed by atoms with Crippen LogP contribution in [0.25, 0.3) is 0 Å². The Hall–Kier alpha value is -3.61. The zero-order valence-corrected chi connectivity index (χ0v) is 15.7. The lowest BCUT2D eigenvalue weighted by Gasteiger charge is -2.06. The molecule has 3 rings (SSSR count). The molecule has 1 aromatic heterocycles. The maximum atomic E-state index is 12.9. The monoisotopic (exact) mass is 396 g/mol. The Bertz CT molecular complexity index is 939. The summed E-state index contributed by atoms with van der Waals surface area (Å²) in [5, 5.41) is 5.44. The Kier molecular flexibility index (Phi) is 7.00. The lowest BCUT2D eigenvalue weighted by atomic mass is 10.1. The standard InChI is InChI=1S/C22H21FN2O4/c23-17-6-8-18(9-7-17)28-15-19-10-11-20(29-19)22(27)25-13-12-24-21(26)14-16-4-2-1-3-5-16/h1-11H,12-15H2,(H,24,26)(H,25,27). The fraction of sp³-hybridized carbons (Fsp3) is 0.182. The number of nitrogens with one attached hydrogen (secondary N) is 2. The molecule has 0 fully saturated rings. The van der Waals surface area contributed by atoms with Crippen molar-refractivity contribution in [2.75, 3.05) is 13.1 Å². The first kappa shape index (κ1) is 20.1. The molecule has 0 saturated heterocycles. The van der Waals surface area contributed by atoms with E-state index in [1.165, 1.54) is 24.3 Å². The van der Waals surface area contributed by atoms with Crippen LogP contribution in [0, 0.1) is 5.82 Å². The number of halogens is 1. The quantitative estimate of drug-likeness (QED) is 0.545. The second-order valence-corrected chi connectivity index (χ2v) is 6.28. The molecule has 0 radical (unpaired) electrons. The molecular weight excluding hydrogens is 375 g/mol. The van der Waals surface area contributed by atoms with Gasteiger partial charge in [0.25, 0.3) is 5.91 Å². The summed E-state index contributed by atoms with van der Waals surface area (Å²) in [6, 6.07) is 18.2. The van der Waals surface area contributed by atoms with E-state index in [1.54, 1.807) is 12.1 Å². The third-order valence-corrected chi connectivity index (χ3v) is 4.02. The van der Waals surface area contributed by atoms with Crippen LogP contribution in [-0.2, 0) is 17.8 Å². The van der Waals surface area contributed by atoms with Crippen molar-refractivity contribution in [2.24, 2.45) is 0 Å². The van der Waals surface area contributed by atoms with Crippen LogP contribution in [-0.4, -0.2) is 24.9 Å². The maximum Gasteiger partial charge on any atom is 0.287 e. The number of amides is 2. The normalized spacial score (nSPS) is 10.4. The molecule has 29 heavy (non-hydrogen) atoms. The minimum absolute atomic E-state index is 0.108. The Morgan fingerprint density at radius 3 is 2.38 bits per heavy atom. The van der Waals surface area contributed by atoms with Crippen molar-refractivity contribution in [1.82, 2.24) is 10.6 Å². The Labute approximate surface area is 167 Å². The van der Waals surface area contributed by atoms with Crippen molar-refractivity contribution < 1.29 is 23.1 Å². The zero-order chi connectivity index (χ0) is 20.5. The first-order valence-electron chi connectivity index (χ1n) is 9.16. The van der Waals surface area contributed by atoms with E-state index in [4.69, 9.17) is 9.15 Å². The highest BCUT2D eigenvalue weighted by Crippen LogP contribution is 2.15. The molecule has 0 aliphatic carbocycles. The fourth-order valence-corrected chi connectivity index (χ4v) is 2.57. The molecule has 0 unspecified atom stereocenters. The van der Waals surface area contributed by atoms with Crippen LogP contribution in [0.15, 0.2) is 71.1 Å². The molecule has 7 heteroatoms. The average molecular weight is 396 g/mol. The first-order chi connectivity index (χ1) is 14.1. The van der Waals surface area contributed by atoms with E-state index in [0.29, 0.717) is 24.5 Å². The van der Waals surface area contributed by atoms with Gasteiger partial charge in [-0.3, -0.25) is 9.59 Å². The predicted molar refractivity (Wildman–Crippen MR) is 105 cm³/mol. The molecular formula is C22H21FN2O4. The van der Waals surface area contributed by atoms with Gasteiger partial charge >= 0.3 is 0 Å². The molecule has 2 aromatic carbocycles. The van der Waals surface area contributed by atoms with Gasteiger partial charge in [-0.2, -0.15) is 0 Å². The largest absolute Gasteiger partial charge is 0.486 e. The van der Waals surface area contributed by atoms with Crippen LogP contribution in [0.1, 0.15) is 21.9 Å². The van der Waals surface area contributed by atoms with Crippen molar-refractivity contribution in [2.45, 2.75) is 13.0 Å². The topological polar surface area (TPSA) is 80.6 Å². The molecule has 1 heterocycles. The van der Waals surface area contributed by atoms with E-state index in [-0.39, 0.29) is 36.5 Å². The van der Waals surface area contributed by atoms with Crippen molar-refractivity contribution >= 4 is 11.8 Å². The Balaban J connectivity index is 1.36. The number of hydrogen-bond acceptors (Lipinski definition) is 4. The van der Waals surface area contributed by atoms with Crippen molar-refractivity contribution in [1.29, 1.82) is 0 Å². The summed E-state index contributed by atoms with van der Waals surface area (Å²) in [6.07, 6.45) is 0.296. The van der Waals surface area contributed by atoms with Crippen molar-refractivity contribution in [3.8, 4) is 5.75 Å². The van der Waals surface area contributed by atoms with E-state index in [2.05, 4.69) is 10.6 Å². The van der Waals surface area contributed by atoms with Gasteiger partial charge in [0, 0.05) is 13.1 Å². The highest BCUT2D eigenvalue weighted by atomic mass is 19.1. The minimum atomic E-state index is -0.379. The SMILES string of the molecule is O=C(Cc1ccccc1)NCCNC(=O)c1ccc(COc2ccc(F)cc2)o1. The molecule has 0 bridgehead atoms. The van der Waals surface area contributed by atoms with Gasteiger partial charge in [-0.25, -0.2) is 4.39 Å². The maximum absolute atomic E-state index is 12.9. The van der Waals surface area contributed by atoms with Crippen molar-refractivity contribution in [3.63, 3.8) is 0 Å². The van der Waals surface area contributed by atoms with Crippen LogP contribution in [0.5, 0.6) is 5.75 Å². The van der Waals surface area contributed by atoms with Gasteiger partial charge in [0.2, 0.25) is 5.91 Å². The summed E-state index contributed by atoms with van der Waals surface area (Å²) in [4.78, 5) is 24.0. The number of hydrogen-bond donors (Lipinski definition) is 2. The van der Waals surface area contributed by atoms with Crippen LogP contribution < -0.4 is 15.4 Å².